The number of phenolic OH excluding ortho intramolecular Hbond substituents is 1. The van der Waals surface area contributed by atoms with E-state index in [1.165, 1.54) is 36.8 Å². The van der Waals surface area contributed by atoms with Crippen molar-refractivity contribution in [2.45, 2.75) is 78.2 Å². The summed E-state index contributed by atoms with van der Waals surface area (Å²) in [7, 11) is 0. The Kier molecular flexibility index (Phi) is 4.93. The molecule has 0 heterocycles. The van der Waals surface area contributed by atoms with Crippen LogP contribution in [-0.4, -0.2) is 16.3 Å². The van der Waals surface area contributed by atoms with Gasteiger partial charge in [-0.05, 0) is 104 Å². The van der Waals surface area contributed by atoms with Gasteiger partial charge in [0.1, 0.15) is 5.75 Å². The molecule has 162 valence electrons. The van der Waals surface area contributed by atoms with E-state index in [1.54, 1.807) is 11.6 Å². The topological polar surface area (TPSA) is 40.5 Å². The Bertz CT molecular complexity index is 882. The van der Waals surface area contributed by atoms with Gasteiger partial charge in [0.05, 0.1) is 6.10 Å². The first-order valence-corrected chi connectivity index (χ1v) is 12.2. The fraction of sp³-hybridized carbons (Fsp3) is 0.643. The van der Waals surface area contributed by atoms with Crippen LogP contribution in [0.15, 0.2) is 47.6 Å². The third kappa shape index (κ3) is 3.09. The van der Waals surface area contributed by atoms with Gasteiger partial charge in [0.2, 0.25) is 0 Å². The number of fused-ring (bicyclic) bond motifs is 5. The molecule has 7 atom stereocenters. The third-order valence-electron chi connectivity index (χ3n) is 9.77. The lowest BCUT2D eigenvalue weighted by Gasteiger charge is -2.55. The van der Waals surface area contributed by atoms with Crippen LogP contribution in [0, 0.1) is 34.5 Å². The van der Waals surface area contributed by atoms with E-state index in [9.17, 15) is 10.2 Å². The summed E-state index contributed by atoms with van der Waals surface area (Å²) < 4.78 is 0. The minimum atomic E-state index is -0.137. The van der Waals surface area contributed by atoms with Gasteiger partial charge >= 0.3 is 0 Å². The Morgan fingerprint density at radius 2 is 1.87 bits per heavy atom. The fourth-order valence-electron chi connectivity index (χ4n) is 8.16. The molecule has 2 N–H and O–H groups in total. The zero-order valence-electron chi connectivity index (χ0n) is 18.9. The number of aromatic hydroxyl groups is 1. The van der Waals surface area contributed by atoms with Crippen LogP contribution in [0.25, 0.3) is 0 Å². The highest BCUT2D eigenvalue weighted by molar-refractivity contribution is 5.39. The van der Waals surface area contributed by atoms with Crippen molar-refractivity contribution in [3.63, 3.8) is 0 Å². The van der Waals surface area contributed by atoms with Crippen molar-refractivity contribution in [1.82, 2.24) is 0 Å². The molecule has 0 radical (unpaired) electrons. The molecule has 4 aliphatic rings. The normalized spacial score (nSPS) is 41.2. The summed E-state index contributed by atoms with van der Waals surface area (Å²) in [5.74, 6) is 3.17. The van der Waals surface area contributed by atoms with Gasteiger partial charge in [0.15, 0.2) is 0 Å². The summed E-state index contributed by atoms with van der Waals surface area (Å²) in [6, 6.07) is 7.84. The highest BCUT2D eigenvalue weighted by Crippen LogP contribution is 2.66. The van der Waals surface area contributed by atoms with Crippen LogP contribution >= 0.6 is 0 Å². The van der Waals surface area contributed by atoms with E-state index in [0.29, 0.717) is 28.9 Å². The third-order valence-corrected chi connectivity index (χ3v) is 9.77. The first-order valence-electron chi connectivity index (χ1n) is 12.2. The maximum atomic E-state index is 10.2. The quantitative estimate of drug-likeness (QED) is 0.607. The summed E-state index contributed by atoms with van der Waals surface area (Å²) in [4.78, 5) is 0. The molecule has 5 rings (SSSR count). The second kappa shape index (κ2) is 7.26. The van der Waals surface area contributed by atoms with E-state index in [-0.39, 0.29) is 11.5 Å². The Balaban J connectivity index is 1.40. The molecule has 0 aliphatic heterocycles. The Morgan fingerprint density at radius 3 is 2.67 bits per heavy atom. The van der Waals surface area contributed by atoms with E-state index in [2.05, 4.69) is 39.0 Å². The molecule has 1 aromatic rings. The van der Waals surface area contributed by atoms with Gasteiger partial charge in [-0.1, -0.05) is 56.2 Å². The van der Waals surface area contributed by atoms with Gasteiger partial charge in [-0.15, -0.1) is 0 Å². The standard InChI is InChI=1S/C28H38O2/c1-18(15-19-5-4-6-21(29)16-19)24-9-10-25-23-8-7-20-17-22(30)11-13-27(20,2)26(23)12-14-28(24,25)3/h4-8,16,18,22,24-26,29-30H,9-15,17H2,1-3H3/t18-,22?,24-,25+,26+,27+,28-/m1/s1. The van der Waals surface area contributed by atoms with Gasteiger partial charge in [-0.2, -0.15) is 0 Å². The van der Waals surface area contributed by atoms with Crippen LogP contribution in [0.5, 0.6) is 5.75 Å². The Morgan fingerprint density at radius 1 is 1.03 bits per heavy atom. The molecule has 0 amide bonds. The molecule has 0 spiro atoms. The van der Waals surface area contributed by atoms with E-state index in [1.807, 2.05) is 12.1 Å². The molecule has 2 nitrogen and oxygen atoms in total. The van der Waals surface area contributed by atoms with E-state index in [0.717, 1.165) is 31.6 Å². The smallest absolute Gasteiger partial charge is 0.115 e. The molecule has 30 heavy (non-hydrogen) atoms. The summed E-state index contributed by atoms with van der Waals surface area (Å²) in [6.45, 7) is 7.51. The van der Waals surface area contributed by atoms with Crippen molar-refractivity contribution in [2.75, 3.05) is 0 Å². The number of rotatable bonds is 3. The summed E-state index contributed by atoms with van der Waals surface area (Å²) >= 11 is 0. The average molecular weight is 407 g/mol. The minimum absolute atomic E-state index is 0.137. The number of hydrogen-bond donors (Lipinski definition) is 2. The molecule has 0 saturated heterocycles. The molecule has 2 heteroatoms. The summed E-state index contributed by atoms with van der Waals surface area (Å²) in [5.41, 5.74) is 5.18. The molecular weight excluding hydrogens is 368 g/mol. The lowest BCUT2D eigenvalue weighted by atomic mass is 9.50. The molecule has 4 aliphatic carbocycles. The monoisotopic (exact) mass is 406 g/mol. The summed E-state index contributed by atoms with van der Waals surface area (Å²) in [5, 5.41) is 20.1. The maximum absolute atomic E-state index is 10.2. The Labute approximate surface area is 182 Å². The van der Waals surface area contributed by atoms with Gasteiger partial charge in [-0.3, -0.25) is 0 Å². The number of aliphatic hydroxyl groups excluding tert-OH is 1. The predicted molar refractivity (Wildman–Crippen MR) is 122 cm³/mol. The second-order valence-electron chi connectivity index (χ2n) is 11.4. The van der Waals surface area contributed by atoms with Crippen LogP contribution in [0.1, 0.15) is 71.3 Å². The first-order chi connectivity index (χ1) is 14.3. The van der Waals surface area contributed by atoms with Gasteiger partial charge < -0.3 is 10.2 Å². The summed E-state index contributed by atoms with van der Waals surface area (Å²) in [6.07, 6.45) is 14.1. The van der Waals surface area contributed by atoms with Crippen LogP contribution in [-0.2, 0) is 6.42 Å². The molecule has 1 unspecified atom stereocenters. The van der Waals surface area contributed by atoms with Gasteiger partial charge in [0, 0.05) is 0 Å². The van der Waals surface area contributed by atoms with Crippen molar-refractivity contribution >= 4 is 0 Å². The lowest BCUT2D eigenvalue weighted by molar-refractivity contribution is 0.0337. The average Bonchev–Trinajstić information content (AvgIpc) is 3.06. The highest BCUT2D eigenvalue weighted by atomic mass is 16.3. The molecule has 0 aromatic heterocycles. The zero-order valence-corrected chi connectivity index (χ0v) is 18.9. The van der Waals surface area contributed by atoms with Crippen LogP contribution < -0.4 is 0 Å². The largest absolute Gasteiger partial charge is 0.508 e. The van der Waals surface area contributed by atoms with Crippen molar-refractivity contribution in [3.8, 4) is 5.75 Å². The number of phenols is 1. The molecule has 1 aromatic carbocycles. The van der Waals surface area contributed by atoms with Crippen molar-refractivity contribution in [1.29, 1.82) is 0 Å². The van der Waals surface area contributed by atoms with Crippen LogP contribution in [0.4, 0.5) is 0 Å². The van der Waals surface area contributed by atoms with Crippen molar-refractivity contribution in [2.24, 2.45) is 34.5 Å². The molecule has 3 saturated carbocycles. The molecule has 0 bridgehead atoms. The van der Waals surface area contributed by atoms with E-state index < -0.39 is 0 Å². The maximum Gasteiger partial charge on any atom is 0.115 e. The first kappa shape index (κ1) is 20.4. The Hall–Kier alpha value is -1.54. The number of benzene rings is 1. The zero-order chi connectivity index (χ0) is 21.1. The highest BCUT2D eigenvalue weighted by Gasteiger charge is 2.56. The van der Waals surface area contributed by atoms with Gasteiger partial charge in [0.25, 0.3) is 0 Å². The number of aliphatic hydroxyl groups is 1. The van der Waals surface area contributed by atoms with Crippen molar-refractivity contribution in [3.05, 3.63) is 53.1 Å². The van der Waals surface area contributed by atoms with Crippen LogP contribution in [0.2, 0.25) is 0 Å². The van der Waals surface area contributed by atoms with Crippen LogP contribution in [0.3, 0.4) is 0 Å². The lowest BCUT2D eigenvalue weighted by Crippen LogP contribution is -2.46. The fourth-order valence-corrected chi connectivity index (χ4v) is 8.16. The molecule has 3 fully saturated rings. The SMILES string of the molecule is C[C@H](Cc1cccc(O)c1)[C@H]1CC[C@H]2C3=CC=C4CC(O)CC[C@]4(C)[C@H]3CC[C@]12C. The number of hydrogen-bond acceptors (Lipinski definition) is 2. The number of allylic oxidation sites excluding steroid dienone is 3. The van der Waals surface area contributed by atoms with E-state index in [4.69, 9.17) is 0 Å². The second-order valence-corrected chi connectivity index (χ2v) is 11.4. The molecular formula is C28H38O2. The van der Waals surface area contributed by atoms with E-state index >= 15 is 0 Å². The van der Waals surface area contributed by atoms with Crippen molar-refractivity contribution < 1.29 is 10.2 Å². The minimum Gasteiger partial charge on any atom is -0.508 e. The predicted octanol–water partition coefficient (Wildman–Crippen LogP) is 6.43. The van der Waals surface area contributed by atoms with Gasteiger partial charge in [-0.25, -0.2) is 0 Å².